The van der Waals surface area contributed by atoms with Gasteiger partial charge in [0.1, 0.15) is 11.6 Å². The summed E-state index contributed by atoms with van der Waals surface area (Å²) in [7, 11) is 0. The molecule has 1 nitrogen and oxygen atoms in total. The molecule has 0 amide bonds. The number of ether oxygens (including phenoxy) is 1. The Balaban J connectivity index is 2.00. The van der Waals surface area contributed by atoms with Crippen LogP contribution in [0.4, 0.5) is 30.7 Å². The van der Waals surface area contributed by atoms with Gasteiger partial charge in [0.15, 0.2) is 24.0 Å². The summed E-state index contributed by atoms with van der Waals surface area (Å²) in [6.45, 7) is -0.0255. The van der Waals surface area contributed by atoms with E-state index in [2.05, 4.69) is 4.74 Å². The van der Waals surface area contributed by atoms with Crippen molar-refractivity contribution >= 4 is 10.8 Å². The smallest absolute Gasteiger partial charge is 0.422 e. The molecule has 0 fully saturated rings. The fraction of sp³-hybridized carbons (Fsp3) is 0.217. The minimum absolute atomic E-state index is 0.0327. The van der Waals surface area contributed by atoms with Gasteiger partial charge in [0.2, 0.25) is 0 Å². The Bertz CT molecular complexity index is 1110. The topological polar surface area (TPSA) is 9.23 Å². The van der Waals surface area contributed by atoms with Gasteiger partial charge in [-0.1, -0.05) is 24.3 Å². The van der Waals surface area contributed by atoms with Crippen molar-refractivity contribution in [1.29, 1.82) is 0 Å². The Morgan fingerprint density at radius 2 is 1.58 bits per heavy atom. The van der Waals surface area contributed by atoms with Gasteiger partial charge in [-0.25, -0.2) is 17.6 Å². The van der Waals surface area contributed by atoms with Gasteiger partial charge in [-0.3, -0.25) is 0 Å². The summed E-state index contributed by atoms with van der Waals surface area (Å²) in [6, 6.07) is 6.63. The summed E-state index contributed by atoms with van der Waals surface area (Å²) in [5, 5.41) is -0.325. The molecule has 0 aromatic heterocycles. The fourth-order valence-electron chi connectivity index (χ4n) is 3.22. The van der Waals surface area contributed by atoms with Gasteiger partial charge in [0.25, 0.3) is 0 Å². The molecule has 0 radical (unpaired) electrons. The first-order chi connectivity index (χ1) is 14.6. The number of rotatable bonds is 6. The zero-order valence-corrected chi connectivity index (χ0v) is 16.3. The van der Waals surface area contributed by atoms with Crippen LogP contribution in [-0.2, 0) is 6.42 Å². The second-order valence-electron chi connectivity index (χ2n) is 6.88. The van der Waals surface area contributed by atoms with Crippen LogP contribution < -0.4 is 4.74 Å². The van der Waals surface area contributed by atoms with E-state index in [9.17, 15) is 30.7 Å². The molecular formula is C23H17F7O. The van der Waals surface area contributed by atoms with E-state index in [4.69, 9.17) is 0 Å². The second kappa shape index (κ2) is 8.99. The summed E-state index contributed by atoms with van der Waals surface area (Å²) in [5.74, 6) is -5.51. The largest absolute Gasteiger partial charge is 0.478 e. The number of halogens is 7. The van der Waals surface area contributed by atoms with Crippen molar-refractivity contribution in [1.82, 2.24) is 0 Å². The third kappa shape index (κ3) is 5.18. The fourth-order valence-corrected chi connectivity index (χ4v) is 3.22. The van der Waals surface area contributed by atoms with E-state index in [1.807, 2.05) is 19.1 Å². The number of alkyl halides is 3. The molecule has 0 atom stereocenters. The summed E-state index contributed by atoms with van der Waals surface area (Å²) >= 11 is 0. The highest BCUT2D eigenvalue weighted by molar-refractivity contribution is 5.89. The Hall–Kier alpha value is -3.03. The normalized spacial score (nSPS) is 12.1. The van der Waals surface area contributed by atoms with Crippen molar-refractivity contribution in [3.63, 3.8) is 0 Å². The third-order valence-electron chi connectivity index (χ3n) is 4.59. The minimum atomic E-state index is -4.77. The molecule has 0 saturated carbocycles. The minimum Gasteiger partial charge on any atom is -0.478 e. The van der Waals surface area contributed by atoms with Gasteiger partial charge in [0, 0.05) is 5.39 Å². The molecule has 3 rings (SSSR count). The maximum atomic E-state index is 14.6. The first-order valence-corrected chi connectivity index (χ1v) is 9.31. The third-order valence-corrected chi connectivity index (χ3v) is 4.59. The quantitative estimate of drug-likeness (QED) is 0.284. The molecule has 0 bridgehead atoms. The van der Waals surface area contributed by atoms with Crippen LogP contribution in [0.5, 0.6) is 5.75 Å². The van der Waals surface area contributed by atoms with E-state index in [1.165, 1.54) is 18.2 Å². The van der Waals surface area contributed by atoms with E-state index in [0.717, 1.165) is 18.2 Å². The van der Waals surface area contributed by atoms with Gasteiger partial charge >= 0.3 is 6.18 Å². The van der Waals surface area contributed by atoms with Gasteiger partial charge in [0.05, 0.1) is 5.56 Å². The lowest BCUT2D eigenvalue weighted by Gasteiger charge is -2.13. The summed E-state index contributed by atoms with van der Waals surface area (Å²) < 4.78 is 99.1. The maximum absolute atomic E-state index is 14.6. The molecule has 0 aliphatic heterocycles. The van der Waals surface area contributed by atoms with Crippen molar-refractivity contribution < 1.29 is 35.5 Å². The molecule has 164 valence electrons. The molecule has 0 N–H and O–H groups in total. The SMILES string of the molecule is C/C=C/CCc1cc(F)c(-c2ccc3c(F)c(OCC(F)(F)F)c(F)cc3c2)c(F)c1. The van der Waals surface area contributed by atoms with Crippen molar-refractivity contribution in [3.05, 3.63) is 77.4 Å². The van der Waals surface area contributed by atoms with Crippen molar-refractivity contribution in [2.45, 2.75) is 25.9 Å². The van der Waals surface area contributed by atoms with Crippen LogP contribution in [0.2, 0.25) is 0 Å². The number of hydrogen-bond acceptors (Lipinski definition) is 1. The van der Waals surface area contributed by atoms with Crippen LogP contribution >= 0.6 is 0 Å². The number of benzene rings is 3. The zero-order valence-electron chi connectivity index (χ0n) is 16.3. The predicted molar refractivity (Wildman–Crippen MR) is 104 cm³/mol. The summed E-state index contributed by atoms with van der Waals surface area (Å²) in [5.41, 5.74) is 0.126. The van der Waals surface area contributed by atoms with E-state index in [-0.39, 0.29) is 21.9 Å². The molecule has 3 aromatic rings. The van der Waals surface area contributed by atoms with Crippen molar-refractivity contribution in [2.75, 3.05) is 6.61 Å². The molecule has 3 aromatic carbocycles. The van der Waals surface area contributed by atoms with Gasteiger partial charge in [-0.2, -0.15) is 13.2 Å². The molecule has 31 heavy (non-hydrogen) atoms. The van der Waals surface area contributed by atoms with Crippen molar-refractivity contribution in [3.8, 4) is 16.9 Å². The standard InChI is InChI=1S/C23H17F7O/c1-2-3-4-5-13-8-17(24)20(18(25)9-13)14-6-7-16-15(10-14)11-19(26)22(21(16)27)31-12-23(28,29)30/h2-3,6-11H,4-5,12H2,1H3/b3-2+. The second-order valence-corrected chi connectivity index (χ2v) is 6.88. The summed E-state index contributed by atoms with van der Waals surface area (Å²) in [4.78, 5) is 0. The monoisotopic (exact) mass is 442 g/mol. The molecule has 0 aliphatic rings. The molecule has 0 unspecified atom stereocenters. The number of aryl methyl sites for hydroxylation is 1. The van der Waals surface area contributed by atoms with Crippen molar-refractivity contribution in [2.24, 2.45) is 0 Å². The lowest BCUT2D eigenvalue weighted by molar-refractivity contribution is -0.154. The number of allylic oxidation sites excluding steroid dienone is 2. The lowest BCUT2D eigenvalue weighted by atomic mass is 9.97. The first kappa shape index (κ1) is 22.7. The lowest BCUT2D eigenvalue weighted by Crippen LogP contribution is -2.20. The Kier molecular flexibility index (Phi) is 6.57. The van der Waals surface area contributed by atoms with Gasteiger partial charge < -0.3 is 4.74 Å². The van der Waals surface area contributed by atoms with Crippen LogP contribution in [0.3, 0.4) is 0 Å². The van der Waals surface area contributed by atoms with Crippen LogP contribution in [0.25, 0.3) is 21.9 Å². The predicted octanol–water partition coefficient (Wildman–Crippen LogP) is 7.51. The van der Waals surface area contributed by atoms with Gasteiger partial charge in [-0.15, -0.1) is 0 Å². The van der Waals surface area contributed by atoms with E-state index in [1.54, 1.807) is 0 Å². The Morgan fingerprint density at radius 3 is 2.19 bits per heavy atom. The van der Waals surface area contributed by atoms with Crippen LogP contribution in [-0.4, -0.2) is 12.8 Å². The molecule has 0 aliphatic carbocycles. The number of hydrogen-bond donors (Lipinski definition) is 0. The highest BCUT2D eigenvalue weighted by atomic mass is 19.4. The molecule has 0 heterocycles. The summed E-state index contributed by atoms with van der Waals surface area (Å²) in [6.07, 6.45) is -0.0299. The molecule has 0 spiro atoms. The average Bonchev–Trinajstić information content (AvgIpc) is 2.66. The van der Waals surface area contributed by atoms with E-state index in [0.29, 0.717) is 18.4 Å². The molecular weight excluding hydrogens is 425 g/mol. The molecule has 8 heteroatoms. The highest BCUT2D eigenvalue weighted by Crippen LogP contribution is 2.35. The van der Waals surface area contributed by atoms with Gasteiger partial charge in [-0.05, 0) is 60.5 Å². The average molecular weight is 442 g/mol. The number of fused-ring (bicyclic) bond motifs is 1. The highest BCUT2D eigenvalue weighted by Gasteiger charge is 2.30. The Morgan fingerprint density at radius 1 is 0.903 bits per heavy atom. The molecule has 0 saturated heterocycles. The van der Waals surface area contributed by atoms with Crippen LogP contribution in [0.15, 0.2) is 48.6 Å². The van der Waals surface area contributed by atoms with Crippen LogP contribution in [0, 0.1) is 23.3 Å². The zero-order chi connectivity index (χ0) is 22.8. The maximum Gasteiger partial charge on any atom is 0.422 e. The van der Waals surface area contributed by atoms with Crippen LogP contribution in [0.1, 0.15) is 18.9 Å². The van der Waals surface area contributed by atoms with E-state index >= 15 is 0 Å². The Labute approximate surface area is 173 Å². The van der Waals surface area contributed by atoms with E-state index < -0.39 is 41.8 Å². The first-order valence-electron chi connectivity index (χ1n) is 9.31.